The van der Waals surface area contributed by atoms with Gasteiger partial charge in [0.25, 0.3) is 5.91 Å². The van der Waals surface area contributed by atoms with Crippen LogP contribution >= 0.6 is 0 Å². The van der Waals surface area contributed by atoms with Crippen LogP contribution in [0.4, 0.5) is 8.78 Å². The Kier molecular flexibility index (Phi) is 6.52. The number of hydrogen-bond acceptors (Lipinski definition) is 4. The summed E-state index contributed by atoms with van der Waals surface area (Å²) in [6.07, 6.45) is 1.39. The van der Waals surface area contributed by atoms with Crippen molar-refractivity contribution in [3.63, 3.8) is 0 Å². The van der Waals surface area contributed by atoms with E-state index in [1.165, 1.54) is 23.1 Å². The Morgan fingerprint density at radius 2 is 1.77 bits per heavy atom. The van der Waals surface area contributed by atoms with Gasteiger partial charge in [-0.15, -0.1) is 0 Å². The molecule has 1 fully saturated rings. The molecule has 26 heavy (non-hydrogen) atoms. The maximum Gasteiger partial charge on any atom is 0.387 e. The lowest BCUT2D eigenvalue weighted by Gasteiger charge is -2.38. The highest BCUT2D eigenvalue weighted by Crippen LogP contribution is 2.23. The molecule has 6 nitrogen and oxygen atoms in total. The molecule has 2 amide bonds. The molecule has 0 radical (unpaired) electrons. The number of carbonyl (C=O) groups is 2. The van der Waals surface area contributed by atoms with Gasteiger partial charge in [-0.1, -0.05) is 25.5 Å². The molecule has 2 N–H and O–H groups in total. The van der Waals surface area contributed by atoms with Crippen molar-refractivity contribution in [1.82, 2.24) is 9.80 Å². The molecule has 8 heteroatoms. The van der Waals surface area contributed by atoms with Crippen molar-refractivity contribution in [3.05, 3.63) is 29.8 Å². The second-order valence-electron chi connectivity index (χ2n) is 6.63. The average Bonchev–Trinajstić information content (AvgIpc) is 2.60. The summed E-state index contributed by atoms with van der Waals surface area (Å²) >= 11 is 0. The van der Waals surface area contributed by atoms with E-state index in [0.717, 1.165) is 6.42 Å². The number of alkyl halides is 2. The van der Waals surface area contributed by atoms with Gasteiger partial charge in [-0.25, -0.2) is 0 Å². The molecule has 1 aromatic carbocycles. The third-order valence-corrected chi connectivity index (χ3v) is 4.45. The van der Waals surface area contributed by atoms with Gasteiger partial charge >= 0.3 is 6.61 Å². The van der Waals surface area contributed by atoms with Gasteiger partial charge in [0.2, 0.25) is 5.91 Å². The molecule has 144 valence electrons. The molecule has 1 aromatic rings. The van der Waals surface area contributed by atoms with Crippen LogP contribution in [0.5, 0.6) is 5.75 Å². The number of rotatable bonds is 6. The van der Waals surface area contributed by atoms with Crippen LogP contribution in [0.1, 0.15) is 37.0 Å². The lowest BCUT2D eigenvalue weighted by molar-refractivity contribution is -0.138. The number of halogens is 2. The number of para-hydroxylation sites is 1. The number of amides is 2. The minimum atomic E-state index is -3.00. The predicted molar refractivity (Wildman–Crippen MR) is 93.1 cm³/mol. The van der Waals surface area contributed by atoms with Crippen molar-refractivity contribution < 1.29 is 23.1 Å². The Balaban J connectivity index is 2.02. The molecule has 1 unspecified atom stereocenters. The Morgan fingerprint density at radius 3 is 2.35 bits per heavy atom. The zero-order valence-electron chi connectivity index (χ0n) is 15.1. The zero-order chi connectivity index (χ0) is 19.3. The maximum atomic E-state index is 12.7. The molecule has 0 spiro atoms. The first-order chi connectivity index (χ1) is 12.3. The summed E-state index contributed by atoms with van der Waals surface area (Å²) in [5.41, 5.74) is 5.26. The topological polar surface area (TPSA) is 75.9 Å². The van der Waals surface area contributed by atoms with Gasteiger partial charge in [0.15, 0.2) is 0 Å². The Hall–Kier alpha value is -2.22. The van der Waals surface area contributed by atoms with E-state index in [1.807, 2.05) is 6.92 Å². The van der Waals surface area contributed by atoms with Gasteiger partial charge in [0.05, 0.1) is 11.1 Å². The molecule has 1 saturated heterocycles. The van der Waals surface area contributed by atoms with Crippen LogP contribution in [0.2, 0.25) is 0 Å². The molecule has 0 aromatic heterocycles. The van der Waals surface area contributed by atoms with Gasteiger partial charge in [-0.3, -0.25) is 9.59 Å². The normalized spacial score (nSPS) is 17.2. The number of benzene rings is 1. The predicted octanol–water partition coefficient (Wildman–Crippen LogP) is 2.09. The number of nitrogens with two attached hydrogens (primary N) is 1. The van der Waals surface area contributed by atoms with Crippen LogP contribution in [0.15, 0.2) is 24.3 Å². The fourth-order valence-electron chi connectivity index (χ4n) is 3.11. The van der Waals surface area contributed by atoms with Gasteiger partial charge < -0.3 is 20.3 Å². The van der Waals surface area contributed by atoms with E-state index in [4.69, 9.17) is 5.73 Å². The number of hydrogen-bond donors (Lipinski definition) is 1. The van der Waals surface area contributed by atoms with Crippen LogP contribution in [-0.2, 0) is 4.79 Å². The highest BCUT2D eigenvalue weighted by molar-refractivity contribution is 5.97. The van der Waals surface area contributed by atoms with Crippen molar-refractivity contribution >= 4 is 11.8 Å². The van der Waals surface area contributed by atoms with E-state index < -0.39 is 18.1 Å². The second kappa shape index (κ2) is 8.44. The molecule has 1 aliphatic rings. The van der Waals surface area contributed by atoms with E-state index in [9.17, 15) is 18.4 Å². The Bertz CT molecular complexity index is 644. The maximum absolute atomic E-state index is 12.7. The van der Waals surface area contributed by atoms with E-state index in [2.05, 4.69) is 4.74 Å². The van der Waals surface area contributed by atoms with E-state index in [1.54, 1.807) is 17.9 Å². The summed E-state index contributed by atoms with van der Waals surface area (Å²) in [5, 5.41) is 0. The fraction of sp³-hybridized carbons (Fsp3) is 0.556. The number of ether oxygens (including phenoxy) is 1. The third-order valence-electron chi connectivity index (χ3n) is 4.45. The van der Waals surface area contributed by atoms with Crippen molar-refractivity contribution in [2.75, 3.05) is 26.2 Å². The lowest BCUT2D eigenvalue weighted by Crippen LogP contribution is -2.58. The highest BCUT2D eigenvalue weighted by atomic mass is 19.3. The minimum Gasteiger partial charge on any atom is -0.434 e. The van der Waals surface area contributed by atoms with Gasteiger partial charge in [0, 0.05) is 26.2 Å². The quantitative estimate of drug-likeness (QED) is 0.833. The number of piperazine rings is 1. The number of nitrogens with zero attached hydrogens (tertiary/aromatic N) is 2. The summed E-state index contributed by atoms with van der Waals surface area (Å²) in [6, 6.07) is 5.91. The first kappa shape index (κ1) is 20.1. The fourth-order valence-corrected chi connectivity index (χ4v) is 3.11. The van der Waals surface area contributed by atoms with Gasteiger partial charge in [-0.05, 0) is 25.5 Å². The van der Waals surface area contributed by atoms with Crippen molar-refractivity contribution in [1.29, 1.82) is 0 Å². The standard InChI is InChI=1S/C18H25F2N3O3/c1-3-8-18(2,21)16(25)23-11-9-22(10-12-23)15(24)13-6-4-5-7-14(13)26-17(19)20/h4-7,17H,3,8-12,21H2,1-2H3. The summed E-state index contributed by atoms with van der Waals surface area (Å²) in [5.74, 6) is -0.672. The molecule has 0 saturated carbocycles. The molecule has 1 heterocycles. The van der Waals surface area contributed by atoms with Crippen molar-refractivity contribution in [3.8, 4) is 5.75 Å². The summed E-state index contributed by atoms with van der Waals surface area (Å²) in [4.78, 5) is 28.4. The van der Waals surface area contributed by atoms with Gasteiger partial charge in [0.1, 0.15) is 5.75 Å². The summed E-state index contributed by atoms with van der Waals surface area (Å²) in [6.45, 7) is 2.03. The minimum absolute atomic E-state index is 0.0854. The highest BCUT2D eigenvalue weighted by Gasteiger charge is 2.34. The second-order valence-corrected chi connectivity index (χ2v) is 6.63. The molecule has 0 bridgehead atoms. The summed E-state index contributed by atoms with van der Waals surface area (Å²) < 4.78 is 29.5. The average molecular weight is 369 g/mol. The first-order valence-corrected chi connectivity index (χ1v) is 8.67. The van der Waals surface area contributed by atoms with Gasteiger partial charge in [-0.2, -0.15) is 8.78 Å². The van der Waals surface area contributed by atoms with Crippen LogP contribution in [-0.4, -0.2) is 59.9 Å². The Morgan fingerprint density at radius 1 is 1.19 bits per heavy atom. The van der Waals surface area contributed by atoms with Crippen LogP contribution in [0, 0.1) is 0 Å². The molecule has 1 aliphatic heterocycles. The zero-order valence-corrected chi connectivity index (χ0v) is 15.1. The summed E-state index contributed by atoms with van der Waals surface area (Å²) in [7, 11) is 0. The van der Waals surface area contributed by atoms with Crippen LogP contribution in [0.3, 0.4) is 0 Å². The smallest absolute Gasteiger partial charge is 0.387 e. The van der Waals surface area contributed by atoms with Crippen LogP contribution < -0.4 is 10.5 Å². The molecular weight excluding hydrogens is 344 g/mol. The van der Waals surface area contributed by atoms with Crippen LogP contribution in [0.25, 0.3) is 0 Å². The molecular formula is C18H25F2N3O3. The van der Waals surface area contributed by atoms with E-state index >= 15 is 0 Å². The third kappa shape index (κ3) is 4.69. The Labute approximate surface area is 151 Å². The van der Waals surface area contributed by atoms with Crippen molar-refractivity contribution in [2.24, 2.45) is 5.73 Å². The lowest BCUT2D eigenvalue weighted by atomic mass is 9.95. The van der Waals surface area contributed by atoms with E-state index in [0.29, 0.717) is 32.6 Å². The van der Waals surface area contributed by atoms with E-state index in [-0.39, 0.29) is 17.2 Å². The molecule has 2 rings (SSSR count). The largest absolute Gasteiger partial charge is 0.434 e. The molecule has 0 aliphatic carbocycles. The number of carbonyl (C=O) groups excluding carboxylic acids is 2. The SMILES string of the molecule is CCCC(C)(N)C(=O)N1CCN(C(=O)c2ccccc2OC(F)F)CC1. The van der Waals surface area contributed by atoms with Crippen molar-refractivity contribution in [2.45, 2.75) is 38.8 Å². The monoisotopic (exact) mass is 369 g/mol. The molecule has 1 atom stereocenters. The first-order valence-electron chi connectivity index (χ1n) is 8.67.